The lowest BCUT2D eigenvalue weighted by molar-refractivity contribution is -0.143. The number of benzene rings is 1. The number of hydrogen-bond donors (Lipinski definition) is 6. The van der Waals surface area contributed by atoms with Crippen molar-refractivity contribution in [1.29, 1.82) is 0 Å². The van der Waals surface area contributed by atoms with Gasteiger partial charge in [-0.05, 0) is 36.7 Å². The van der Waals surface area contributed by atoms with Crippen LogP contribution in [0.2, 0.25) is 0 Å². The molecule has 0 bridgehead atoms. The summed E-state index contributed by atoms with van der Waals surface area (Å²) in [5.41, 5.74) is 5.83. The first-order chi connectivity index (χ1) is 23.7. The molecule has 0 aromatic heterocycles. The highest BCUT2D eigenvalue weighted by atomic mass is 16.5. The molecule has 0 spiro atoms. The smallest absolute Gasteiger partial charge is 0.407 e. The SMILES string of the molecule is CCCC(NC(=O)CN(CCC(=O)O)C(=O)[C@@H](NC(=O)OCC(C)C)C1CCCCC1)C(=O)C(=O)NCC(=O)N[C@H](C(N)=O)c1ccccc1. The molecule has 0 heterocycles. The molecule has 0 saturated heterocycles. The zero-order valence-corrected chi connectivity index (χ0v) is 28.9. The highest BCUT2D eigenvalue weighted by Crippen LogP contribution is 2.27. The van der Waals surface area contributed by atoms with Crippen molar-refractivity contribution in [3.05, 3.63) is 35.9 Å². The van der Waals surface area contributed by atoms with E-state index in [0.717, 1.165) is 24.2 Å². The Morgan fingerprint density at radius 3 is 2.18 bits per heavy atom. The number of nitrogens with two attached hydrogens (primary N) is 1. The second-order valence-electron chi connectivity index (χ2n) is 12.7. The molecular weight excluding hydrogens is 652 g/mol. The third-order valence-corrected chi connectivity index (χ3v) is 8.04. The zero-order chi connectivity index (χ0) is 37.2. The van der Waals surface area contributed by atoms with E-state index in [4.69, 9.17) is 10.5 Å². The van der Waals surface area contributed by atoms with E-state index in [1.807, 2.05) is 13.8 Å². The predicted molar refractivity (Wildman–Crippen MR) is 180 cm³/mol. The second-order valence-corrected chi connectivity index (χ2v) is 12.7. The van der Waals surface area contributed by atoms with Crippen LogP contribution in [0, 0.1) is 11.8 Å². The van der Waals surface area contributed by atoms with Gasteiger partial charge in [-0.25, -0.2) is 4.79 Å². The lowest BCUT2D eigenvalue weighted by Gasteiger charge is -2.34. The van der Waals surface area contributed by atoms with E-state index in [-0.39, 0.29) is 31.4 Å². The molecule has 2 rings (SSSR count). The van der Waals surface area contributed by atoms with E-state index in [1.165, 1.54) is 0 Å². The average Bonchev–Trinajstić information content (AvgIpc) is 3.09. The number of hydrogen-bond acceptors (Lipinski definition) is 9. The van der Waals surface area contributed by atoms with E-state index in [2.05, 4.69) is 21.3 Å². The number of amides is 6. The van der Waals surface area contributed by atoms with Gasteiger partial charge in [-0.3, -0.25) is 33.6 Å². The molecule has 6 amide bonds. The maximum absolute atomic E-state index is 13.9. The van der Waals surface area contributed by atoms with Crippen LogP contribution in [0.1, 0.15) is 83.7 Å². The molecule has 1 saturated carbocycles. The standard InChI is InChI=1S/C34H50N6O10/c1-4-11-24(30(45)32(47)36-18-25(41)38-28(31(35)46)22-12-7-5-8-13-22)37-26(42)19-40(17-16-27(43)44)33(48)29(23-14-9-6-10-15-23)39-34(49)50-20-21(2)3/h5,7-8,12-13,21,23-24,28-29H,4,6,9-11,14-20H2,1-3H3,(H2,35,46)(H,36,47)(H,37,42)(H,38,41)(H,39,49)(H,43,44)/t24?,28-,29-/m0/s1. The topological polar surface area (TPSA) is 243 Å². The number of carbonyl (C=O) groups excluding carboxylic acids is 7. The minimum absolute atomic E-state index is 0.0406. The van der Waals surface area contributed by atoms with Crippen LogP contribution < -0.4 is 27.0 Å². The van der Waals surface area contributed by atoms with Crippen molar-refractivity contribution < 1.29 is 48.2 Å². The molecule has 0 radical (unpaired) electrons. The summed E-state index contributed by atoms with van der Waals surface area (Å²) < 4.78 is 5.23. The van der Waals surface area contributed by atoms with Crippen molar-refractivity contribution in [2.45, 2.75) is 90.3 Å². The summed E-state index contributed by atoms with van der Waals surface area (Å²) in [4.78, 5) is 102. The number of carboxylic acids is 1. The van der Waals surface area contributed by atoms with Crippen molar-refractivity contribution in [3.63, 3.8) is 0 Å². The Bertz CT molecular complexity index is 1350. The van der Waals surface area contributed by atoms with Crippen LogP contribution in [0.15, 0.2) is 30.3 Å². The van der Waals surface area contributed by atoms with Crippen LogP contribution in [-0.4, -0.2) is 95.7 Å². The largest absolute Gasteiger partial charge is 0.481 e. The monoisotopic (exact) mass is 702 g/mol. The first-order valence-corrected chi connectivity index (χ1v) is 16.9. The molecule has 1 aromatic rings. The Hall–Kier alpha value is -5.02. The first kappa shape index (κ1) is 41.2. The third kappa shape index (κ3) is 14.2. The number of Topliss-reactive ketones (excluding diaryl/α,β-unsaturated/α-hetero) is 1. The van der Waals surface area contributed by atoms with E-state index < -0.39 is 85.0 Å². The fourth-order valence-corrected chi connectivity index (χ4v) is 5.51. The van der Waals surface area contributed by atoms with Gasteiger partial charge in [-0.1, -0.05) is 76.8 Å². The van der Waals surface area contributed by atoms with Crippen LogP contribution in [0.4, 0.5) is 4.79 Å². The number of rotatable bonds is 20. The van der Waals surface area contributed by atoms with Crippen molar-refractivity contribution in [2.75, 3.05) is 26.2 Å². The Kier molecular flexibility index (Phi) is 17.4. The molecule has 1 unspecified atom stereocenters. The Balaban J connectivity index is 2.12. The number of alkyl carbamates (subject to hydrolysis) is 1. The van der Waals surface area contributed by atoms with Crippen molar-refractivity contribution in [2.24, 2.45) is 17.6 Å². The first-order valence-electron chi connectivity index (χ1n) is 16.9. The number of nitrogens with one attached hydrogen (secondary N) is 4. The zero-order valence-electron chi connectivity index (χ0n) is 28.9. The highest BCUT2D eigenvalue weighted by Gasteiger charge is 2.36. The lowest BCUT2D eigenvalue weighted by atomic mass is 9.83. The van der Waals surface area contributed by atoms with Crippen molar-refractivity contribution in [1.82, 2.24) is 26.2 Å². The van der Waals surface area contributed by atoms with Gasteiger partial charge in [0.05, 0.1) is 32.2 Å². The fourth-order valence-electron chi connectivity index (χ4n) is 5.51. The molecule has 50 heavy (non-hydrogen) atoms. The molecule has 0 aliphatic heterocycles. The van der Waals surface area contributed by atoms with Gasteiger partial charge in [0, 0.05) is 6.54 Å². The minimum atomic E-state index is -1.33. The van der Waals surface area contributed by atoms with Crippen molar-refractivity contribution in [3.8, 4) is 0 Å². The number of primary amides is 1. The number of ether oxygens (including phenoxy) is 1. The van der Waals surface area contributed by atoms with Gasteiger partial charge >= 0.3 is 12.1 Å². The molecule has 7 N–H and O–H groups in total. The second kappa shape index (κ2) is 21.1. The molecular formula is C34H50N6O10. The van der Waals surface area contributed by atoms with Crippen LogP contribution >= 0.6 is 0 Å². The Labute approximate surface area is 291 Å². The summed E-state index contributed by atoms with van der Waals surface area (Å²) in [5, 5.41) is 19.0. The summed E-state index contributed by atoms with van der Waals surface area (Å²) >= 11 is 0. The van der Waals surface area contributed by atoms with Gasteiger partial charge in [0.2, 0.25) is 29.4 Å². The van der Waals surface area contributed by atoms with Crippen LogP contribution in [-0.2, 0) is 38.3 Å². The Morgan fingerprint density at radius 2 is 1.60 bits per heavy atom. The fraction of sp³-hybridized carbons (Fsp3) is 0.588. The minimum Gasteiger partial charge on any atom is -0.481 e. The molecule has 1 aromatic carbocycles. The predicted octanol–water partition coefficient (Wildman–Crippen LogP) is 0.934. The van der Waals surface area contributed by atoms with Crippen LogP contribution in [0.25, 0.3) is 0 Å². The maximum Gasteiger partial charge on any atom is 0.407 e. The molecule has 1 aliphatic carbocycles. The van der Waals surface area contributed by atoms with Gasteiger partial charge < -0.3 is 41.7 Å². The molecule has 16 nitrogen and oxygen atoms in total. The van der Waals surface area contributed by atoms with Crippen molar-refractivity contribution >= 4 is 47.4 Å². The number of carbonyl (C=O) groups is 8. The summed E-state index contributed by atoms with van der Waals surface area (Å²) in [7, 11) is 0. The van der Waals surface area contributed by atoms with Gasteiger partial charge in [-0.2, -0.15) is 0 Å². The van der Waals surface area contributed by atoms with Gasteiger partial charge in [0.15, 0.2) is 0 Å². The molecule has 3 atom stereocenters. The molecule has 16 heteroatoms. The number of nitrogens with zero attached hydrogens (tertiary/aromatic N) is 1. The Morgan fingerprint density at radius 1 is 0.940 bits per heavy atom. The summed E-state index contributed by atoms with van der Waals surface area (Å²) in [6.07, 6.45) is 3.01. The number of aliphatic carboxylic acids is 1. The average molecular weight is 703 g/mol. The summed E-state index contributed by atoms with van der Waals surface area (Å²) in [6, 6.07) is 4.61. The highest BCUT2D eigenvalue weighted by molar-refractivity contribution is 6.38. The normalized spacial score (nSPS) is 14.7. The van der Waals surface area contributed by atoms with Gasteiger partial charge in [0.25, 0.3) is 5.91 Å². The molecule has 1 fully saturated rings. The van der Waals surface area contributed by atoms with E-state index in [0.29, 0.717) is 24.8 Å². The third-order valence-electron chi connectivity index (χ3n) is 8.04. The van der Waals surface area contributed by atoms with Gasteiger partial charge in [-0.15, -0.1) is 0 Å². The lowest BCUT2D eigenvalue weighted by Crippen LogP contribution is -2.56. The number of ketones is 1. The van der Waals surface area contributed by atoms with Crippen LogP contribution in [0.5, 0.6) is 0 Å². The number of carboxylic acid groups (broad SMARTS) is 1. The summed E-state index contributed by atoms with van der Waals surface area (Å²) in [5.74, 6) is -6.79. The quantitative estimate of drug-likeness (QED) is 0.105. The van der Waals surface area contributed by atoms with E-state index >= 15 is 0 Å². The van der Waals surface area contributed by atoms with E-state index in [9.17, 15) is 43.5 Å². The maximum atomic E-state index is 13.9. The summed E-state index contributed by atoms with van der Waals surface area (Å²) in [6.45, 7) is 3.87. The molecule has 1 aliphatic rings. The van der Waals surface area contributed by atoms with Gasteiger partial charge in [0.1, 0.15) is 12.1 Å². The van der Waals surface area contributed by atoms with E-state index in [1.54, 1.807) is 37.3 Å². The molecule has 276 valence electrons. The van der Waals surface area contributed by atoms with Crippen LogP contribution in [0.3, 0.4) is 0 Å².